The predicted octanol–water partition coefficient (Wildman–Crippen LogP) is 0.140. The van der Waals surface area contributed by atoms with E-state index in [1.54, 1.807) is 0 Å². The fourth-order valence-electron chi connectivity index (χ4n) is 1.54. The number of nitrogens with one attached hydrogen (secondary N) is 1. The van der Waals surface area contributed by atoms with Gasteiger partial charge in [-0.15, -0.1) is 0 Å². The molecule has 0 saturated carbocycles. The molecule has 1 aliphatic rings. The highest BCUT2D eigenvalue weighted by molar-refractivity contribution is 4.81. The third-order valence-corrected chi connectivity index (χ3v) is 2.26. The standard InChI is InChI=1S/C7H15FN2/c8-2-1-6-4-10-5-7(6)3-9/h6-7,10H,1-5,9H2. The van der Waals surface area contributed by atoms with Crippen LogP contribution in [0.5, 0.6) is 0 Å². The number of rotatable bonds is 3. The molecule has 2 nitrogen and oxygen atoms in total. The minimum absolute atomic E-state index is 0.206. The Kier molecular flexibility index (Phi) is 3.09. The monoisotopic (exact) mass is 146 g/mol. The summed E-state index contributed by atoms with van der Waals surface area (Å²) in [5.41, 5.74) is 5.49. The van der Waals surface area contributed by atoms with E-state index in [0.29, 0.717) is 24.8 Å². The molecule has 60 valence electrons. The van der Waals surface area contributed by atoms with Gasteiger partial charge >= 0.3 is 0 Å². The number of halogens is 1. The molecule has 0 spiro atoms. The zero-order chi connectivity index (χ0) is 7.40. The van der Waals surface area contributed by atoms with Crippen LogP contribution in [0.2, 0.25) is 0 Å². The Bertz CT molecular complexity index is 97.6. The summed E-state index contributed by atoms with van der Waals surface area (Å²) in [6.07, 6.45) is 0.675. The van der Waals surface area contributed by atoms with Crippen molar-refractivity contribution in [3.05, 3.63) is 0 Å². The summed E-state index contributed by atoms with van der Waals surface area (Å²) in [5, 5.41) is 3.21. The smallest absolute Gasteiger partial charge is 0.0897 e. The van der Waals surface area contributed by atoms with Gasteiger partial charge < -0.3 is 11.1 Å². The van der Waals surface area contributed by atoms with Gasteiger partial charge in [-0.2, -0.15) is 0 Å². The van der Waals surface area contributed by atoms with Crippen LogP contribution in [0.1, 0.15) is 6.42 Å². The summed E-state index contributed by atoms with van der Waals surface area (Å²) in [4.78, 5) is 0. The lowest BCUT2D eigenvalue weighted by molar-refractivity contribution is 0.344. The Labute approximate surface area is 61.0 Å². The van der Waals surface area contributed by atoms with Crippen LogP contribution >= 0.6 is 0 Å². The van der Waals surface area contributed by atoms with Crippen LogP contribution in [0.25, 0.3) is 0 Å². The summed E-state index contributed by atoms with van der Waals surface area (Å²) in [6, 6.07) is 0. The van der Waals surface area contributed by atoms with Crippen LogP contribution in [0.4, 0.5) is 4.39 Å². The van der Waals surface area contributed by atoms with Crippen molar-refractivity contribution in [3.63, 3.8) is 0 Å². The van der Waals surface area contributed by atoms with E-state index in [4.69, 9.17) is 5.73 Å². The fourth-order valence-corrected chi connectivity index (χ4v) is 1.54. The molecular weight excluding hydrogens is 131 g/mol. The van der Waals surface area contributed by atoms with Crippen molar-refractivity contribution < 1.29 is 4.39 Å². The Morgan fingerprint density at radius 3 is 2.70 bits per heavy atom. The lowest BCUT2D eigenvalue weighted by Gasteiger charge is -2.13. The number of hydrogen-bond acceptors (Lipinski definition) is 2. The van der Waals surface area contributed by atoms with Crippen LogP contribution in [0, 0.1) is 11.8 Å². The Morgan fingerprint density at radius 1 is 1.40 bits per heavy atom. The molecule has 10 heavy (non-hydrogen) atoms. The number of nitrogens with two attached hydrogens (primary N) is 1. The third kappa shape index (κ3) is 1.67. The molecule has 1 aliphatic heterocycles. The van der Waals surface area contributed by atoms with Crippen molar-refractivity contribution in [2.24, 2.45) is 17.6 Å². The molecule has 2 unspecified atom stereocenters. The molecule has 0 aromatic heterocycles. The van der Waals surface area contributed by atoms with E-state index in [-0.39, 0.29) is 6.67 Å². The first kappa shape index (κ1) is 7.95. The topological polar surface area (TPSA) is 38.0 Å². The number of alkyl halides is 1. The normalized spacial score (nSPS) is 33.0. The summed E-state index contributed by atoms with van der Waals surface area (Å²) < 4.78 is 11.9. The predicted molar refractivity (Wildman–Crippen MR) is 39.5 cm³/mol. The van der Waals surface area contributed by atoms with Crippen LogP contribution in [-0.4, -0.2) is 26.3 Å². The van der Waals surface area contributed by atoms with Gasteiger partial charge in [-0.05, 0) is 37.9 Å². The van der Waals surface area contributed by atoms with Crippen molar-refractivity contribution in [1.82, 2.24) is 5.32 Å². The SMILES string of the molecule is NCC1CNCC1CCF. The van der Waals surface area contributed by atoms with E-state index < -0.39 is 0 Å². The Morgan fingerprint density at radius 2 is 2.10 bits per heavy atom. The molecule has 0 amide bonds. The maximum atomic E-state index is 11.9. The second-order valence-corrected chi connectivity index (χ2v) is 2.89. The first-order valence-electron chi connectivity index (χ1n) is 3.85. The molecule has 1 heterocycles. The van der Waals surface area contributed by atoms with Crippen molar-refractivity contribution in [2.45, 2.75) is 6.42 Å². The maximum Gasteiger partial charge on any atom is 0.0897 e. The Hall–Kier alpha value is -0.150. The molecule has 0 aromatic carbocycles. The average Bonchev–Trinajstić information content (AvgIpc) is 2.36. The van der Waals surface area contributed by atoms with E-state index >= 15 is 0 Å². The van der Waals surface area contributed by atoms with Crippen LogP contribution in [0.3, 0.4) is 0 Å². The molecule has 0 aromatic rings. The van der Waals surface area contributed by atoms with Gasteiger partial charge in [-0.25, -0.2) is 0 Å². The van der Waals surface area contributed by atoms with Gasteiger partial charge in [0.05, 0.1) is 6.67 Å². The lowest BCUT2D eigenvalue weighted by atomic mass is 9.94. The van der Waals surface area contributed by atoms with E-state index in [1.807, 2.05) is 0 Å². The largest absolute Gasteiger partial charge is 0.330 e. The molecule has 3 heteroatoms. The molecule has 1 saturated heterocycles. The molecule has 1 rings (SSSR count). The highest BCUT2D eigenvalue weighted by atomic mass is 19.1. The van der Waals surface area contributed by atoms with Crippen molar-refractivity contribution in [1.29, 1.82) is 0 Å². The summed E-state index contributed by atoms with van der Waals surface area (Å²) >= 11 is 0. The number of hydrogen-bond donors (Lipinski definition) is 2. The molecule has 3 N–H and O–H groups in total. The quantitative estimate of drug-likeness (QED) is 0.594. The van der Waals surface area contributed by atoms with Crippen molar-refractivity contribution >= 4 is 0 Å². The third-order valence-electron chi connectivity index (χ3n) is 2.26. The van der Waals surface area contributed by atoms with Crippen molar-refractivity contribution in [2.75, 3.05) is 26.3 Å². The minimum atomic E-state index is -0.206. The van der Waals surface area contributed by atoms with Crippen molar-refractivity contribution in [3.8, 4) is 0 Å². The molecule has 1 fully saturated rings. The van der Waals surface area contributed by atoms with E-state index in [9.17, 15) is 4.39 Å². The van der Waals surface area contributed by atoms with Gasteiger partial charge in [-0.1, -0.05) is 0 Å². The zero-order valence-corrected chi connectivity index (χ0v) is 6.15. The first-order valence-corrected chi connectivity index (χ1v) is 3.85. The van der Waals surface area contributed by atoms with Gasteiger partial charge in [0.15, 0.2) is 0 Å². The van der Waals surface area contributed by atoms with E-state index in [1.165, 1.54) is 0 Å². The summed E-state index contributed by atoms with van der Waals surface area (Å²) in [6.45, 7) is 2.41. The molecule has 0 aliphatic carbocycles. The minimum Gasteiger partial charge on any atom is -0.330 e. The Balaban J connectivity index is 2.27. The highest BCUT2D eigenvalue weighted by Gasteiger charge is 2.24. The molecule has 2 atom stereocenters. The average molecular weight is 146 g/mol. The summed E-state index contributed by atoms with van der Waals surface area (Å²) in [7, 11) is 0. The second kappa shape index (κ2) is 3.88. The second-order valence-electron chi connectivity index (χ2n) is 2.89. The molecule has 0 bridgehead atoms. The highest BCUT2D eigenvalue weighted by Crippen LogP contribution is 2.18. The van der Waals surface area contributed by atoms with E-state index in [0.717, 1.165) is 13.1 Å². The van der Waals surface area contributed by atoms with Gasteiger partial charge in [-0.3, -0.25) is 4.39 Å². The lowest BCUT2D eigenvalue weighted by Crippen LogP contribution is -2.22. The summed E-state index contributed by atoms with van der Waals surface area (Å²) in [5.74, 6) is 0.991. The zero-order valence-electron chi connectivity index (χ0n) is 6.15. The molecular formula is C7H15FN2. The van der Waals surface area contributed by atoms with Crippen LogP contribution in [-0.2, 0) is 0 Å². The van der Waals surface area contributed by atoms with Gasteiger partial charge in [0.25, 0.3) is 0 Å². The van der Waals surface area contributed by atoms with E-state index in [2.05, 4.69) is 5.32 Å². The first-order chi connectivity index (χ1) is 4.88. The fraction of sp³-hybridized carbons (Fsp3) is 1.00. The van der Waals surface area contributed by atoms with Gasteiger partial charge in [0, 0.05) is 0 Å². The van der Waals surface area contributed by atoms with Gasteiger partial charge in [0.1, 0.15) is 0 Å². The molecule has 0 radical (unpaired) electrons. The van der Waals surface area contributed by atoms with Gasteiger partial charge in [0.2, 0.25) is 0 Å². The van der Waals surface area contributed by atoms with Crippen LogP contribution < -0.4 is 11.1 Å². The van der Waals surface area contributed by atoms with Crippen LogP contribution in [0.15, 0.2) is 0 Å². The maximum absolute atomic E-state index is 11.9.